The Bertz CT molecular complexity index is 1070. The van der Waals surface area contributed by atoms with E-state index >= 15 is 0 Å². The standard InChI is InChI=1S/C20H20F4N6O/c21-15-9-13(27-19(31)28-17-11-25-16-4-2-1-3-14(16)17)10-26-18(15)30-7-5-29(6-8-30)12-20(22,23)24/h1-4,9-11,25H,5-8,12H2,(H2,27,28,31). The molecule has 1 aliphatic rings. The first-order valence-electron chi connectivity index (χ1n) is 9.62. The number of benzene rings is 1. The predicted octanol–water partition coefficient (Wildman–Crippen LogP) is 4.03. The quantitative estimate of drug-likeness (QED) is 0.540. The molecular formula is C20H20F4N6O. The van der Waals surface area contributed by atoms with Gasteiger partial charge in [0.15, 0.2) is 11.6 Å². The van der Waals surface area contributed by atoms with E-state index in [0.717, 1.165) is 17.0 Å². The molecule has 2 aromatic heterocycles. The number of urea groups is 1. The van der Waals surface area contributed by atoms with Crippen molar-refractivity contribution in [3.63, 3.8) is 0 Å². The fraction of sp³-hybridized carbons (Fsp3) is 0.300. The lowest BCUT2D eigenvalue weighted by Crippen LogP contribution is -2.49. The third kappa shape index (κ3) is 5.05. The lowest BCUT2D eigenvalue weighted by atomic mass is 10.2. The second kappa shape index (κ2) is 8.42. The Morgan fingerprint density at radius 1 is 1.13 bits per heavy atom. The van der Waals surface area contributed by atoms with Crippen LogP contribution < -0.4 is 15.5 Å². The molecule has 1 aliphatic heterocycles. The van der Waals surface area contributed by atoms with Crippen LogP contribution in [0.3, 0.4) is 0 Å². The van der Waals surface area contributed by atoms with Crippen LogP contribution in [-0.4, -0.2) is 59.8 Å². The van der Waals surface area contributed by atoms with E-state index in [1.54, 1.807) is 11.1 Å². The van der Waals surface area contributed by atoms with Crippen LogP contribution in [0.1, 0.15) is 0 Å². The summed E-state index contributed by atoms with van der Waals surface area (Å²) in [4.78, 5) is 22.3. The van der Waals surface area contributed by atoms with Crippen LogP contribution in [0.15, 0.2) is 42.7 Å². The maximum absolute atomic E-state index is 14.6. The molecule has 0 spiro atoms. The lowest BCUT2D eigenvalue weighted by Gasteiger charge is -2.35. The lowest BCUT2D eigenvalue weighted by molar-refractivity contribution is -0.146. The van der Waals surface area contributed by atoms with Crippen LogP contribution in [0.25, 0.3) is 10.9 Å². The van der Waals surface area contributed by atoms with Crippen molar-refractivity contribution in [2.75, 3.05) is 48.3 Å². The number of nitrogens with one attached hydrogen (secondary N) is 3. The number of carbonyl (C=O) groups excluding carboxylic acids is 1. The first kappa shape index (κ1) is 20.9. The number of aromatic nitrogens is 2. The molecule has 3 heterocycles. The minimum atomic E-state index is -4.26. The topological polar surface area (TPSA) is 76.3 Å². The summed E-state index contributed by atoms with van der Waals surface area (Å²) in [5.74, 6) is -0.608. The predicted molar refractivity (Wildman–Crippen MR) is 110 cm³/mol. The number of aromatic amines is 1. The average molecular weight is 436 g/mol. The van der Waals surface area contributed by atoms with Gasteiger partial charge >= 0.3 is 12.2 Å². The number of halogens is 4. The van der Waals surface area contributed by atoms with E-state index in [1.807, 2.05) is 24.3 Å². The zero-order valence-corrected chi connectivity index (χ0v) is 16.3. The van der Waals surface area contributed by atoms with Gasteiger partial charge in [-0.1, -0.05) is 18.2 Å². The number of fused-ring (bicyclic) bond motifs is 1. The normalized spacial score (nSPS) is 15.3. The SMILES string of the molecule is O=C(Nc1cnc(N2CCN(CC(F)(F)F)CC2)c(F)c1)Nc1c[nH]c2ccccc12. The molecule has 11 heteroatoms. The minimum absolute atomic E-state index is 0.0502. The molecule has 7 nitrogen and oxygen atoms in total. The molecule has 4 rings (SSSR count). The van der Waals surface area contributed by atoms with Gasteiger partial charge in [-0.3, -0.25) is 4.90 Å². The molecule has 1 fully saturated rings. The summed E-state index contributed by atoms with van der Waals surface area (Å²) in [6.45, 7) is -0.200. The molecule has 0 unspecified atom stereocenters. The number of piperazine rings is 1. The van der Waals surface area contributed by atoms with E-state index in [2.05, 4.69) is 20.6 Å². The Balaban J connectivity index is 1.36. The average Bonchev–Trinajstić information content (AvgIpc) is 3.11. The van der Waals surface area contributed by atoms with Gasteiger partial charge in [0, 0.05) is 49.3 Å². The summed E-state index contributed by atoms with van der Waals surface area (Å²) >= 11 is 0. The van der Waals surface area contributed by atoms with Crippen LogP contribution in [-0.2, 0) is 0 Å². The zero-order chi connectivity index (χ0) is 22.0. The zero-order valence-electron chi connectivity index (χ0n) is 16.3. The molecule has 0 aliphatic carbocycles. The smallest absolute Gasteiger partial charge is 0.359 e. The van der Waals surface area contributed by atoms with Crippen molar-refractivity contribution in [1.29, 1.82) is 0 Å². The van der Waals surface area contributed by atoms with Crippen molar-refractivity contribution in [2.45, 2.75) is 6.18 Å². The summed E-state index contributed by atoms with van der Waals surface area (Å²) < 4.78 is 52.1. The first-order valence-corrected chi connectivity index (χ1v) is 9.62. The third-order valence-electron chi connectivity index (χ3n) is 4.99. The molecule has 0 atom stereocenters. The number of pyridine rings is 1. The Kier molecular flexibility index (Phi) is 5.68. The van der Waals surface area contributed by atoms with Crippen molar-refractivity contribution in [3.8, 4) is 0 Å². The number of hydrogen-bond donors (Lipinski definition) is 3. The van der Waals surface area contributed by atoms with Crippen LogP contribution in [0.4, 0.5) is 39.5 Å². The van der Waals surface area contributed by atoms with Crippen molar-refractivity contribution in [3.05, 3.63) is 48.5 Å². The van der Waals surface area contributed by atoms with Crippen LogP contribution >= 0.6 is 0 Å². The highest BCUT2D eigenvalue weighted by Gasteiger charge is 2.32. The van der Waals surface area contributed by atoms with E-state index in [4.69, 9.17) is 0 Å². The van der Waals surface area contributed by atoms with Crippen LogP contribution in [0.2, 0.25) is 0 Å². The van der Waals surface area contributed by atoms with Crippen molar-refractivity contribution in [2.24, 2.45) is 0 Å². The van der Waals surface area contributed by atoms with Gasteiger partial charge in [0.05, 0.1) is 24.1 Å². The molecule has 0 radical (unpaired) electrons. The minimum Gasteiger partial charge on any atom is -0.359 e. The van der Waals surface area contributed by atoms with Gasteiger partial charge in [0.25, 0.3) is 0 Å². The van der Waals surface area contributed by atoms with Crippen LogP contribution in [0, 0.1) is 5.82 Å². The number of rotatable bonds is 4. The molecule has 0 saturated carbocycles. The highest BCUT2D eigenvalue weighted by atomic mass is 19.4. The number of alkyl halides is 3. The van der Waals surface area contributed by atoms with Gasteiger partial charge in [-0.25, -0.2) is 14.2 Å². The highest BCUT2D eigenvalue weighted by Crippen LogP contribution is 2.24. The number of carbonyl (C=O) groups is 1. The van der Waals surface area contributed by atoms with Gasteiger partial charge in [-0.15, -0.1) is 0 Å². The Morgan fingerprint density at radius 3 is 2.58 bits per heavy atom. The van der Waals surface area contributed by atoms with E-state index < -0.39 is 24.6 Å². The van der Waals surface area contributed by atoms with Gasteiger partial charge in [-0.05, 0) is 6.07 Å². The van der Waals surface area contributed by atoms with Crippen molar-refractivity contribution >= 4 is 34.1 Å². The monoisotopic (exact) mass is 436 g/mol. The number of hydrogen-bond acceptors (Lipinski definition) is 4. The fourth-order valence-corrected chi connectivity index (χ4v) is 3.56. The van der Waals surface area contributed by atoms with Crippen molar-refractivity contribution in [1.82, 2.24) is 14.9 Å². The maximum Gasteiger partial charge on any atom is 0.401 e. The highest BCUT2D eigenvalue weighted by molar-refractivity contribution is 6.05. The molecule has 31 heavy (non-hydrogen) atoms. The van der Waals surface area contributed by atoms with E-state index in [0.29, 0.717) is 5.69 Å². The van der Waals surface area contributed by atoms with E-state index in [-0.39, 0.29) is 37.7 Å². The number of nitrogens with zero attached hydrogens (tertiary/aromatic N) is 3. The fourth-order valence-electron chi connectivity index (χ4n) is 3.56. The molecule has 1 aromatic carbocycles. The first-order chi connectivity index (χ1) is 14.8. The maximum atomic E-state index is 14.6. The molecular weight excluding hydrogens is 416 g/mol. The Hall–Kier alpha value is -3.34. The Morgan fingerprint density at radius 2 is 1.87 bits per heavy atom. The second-order valence-corrected chi connectivity index (χ2v) is 7.23. The van der Waals surface area contributed by atoms with Gasteiger partial charge in [0.2, 0.25) is 0 Å². The number of amides is 2. The molecule has 1 saturated heterocycles. The Labute approximate surface area is 175 Å². The van der Waals surface area contributed by atoms with E-state index in [9.17, 15) is 22.4 Å². The van der Waals surface area contributed by atoms with E-state index in [1.165, 1.54) is 11.1 Å². The summed E-state index contributed by atoms with van der Waals surface area (Å²) in [5.41, 5.74) is 1.61. The number of para-hydroxylation sites is 1. The molecule has 3 N–H and O–H groups in total. The van der Waals surface area contributed by atoms with Gasteiger partial charge in [0.1, 0.15) is 0 Å². The van der Waals surface area contributed by atoms with Crippen LogP contribution in [0.5, 0.6) is 0 Å². The second-order valence-electron chi connectivity index (χ2n) is 7.23. The summed E-state index contributed by atoms with van der Waals surface area (Å²) in [7, 11) is 0. The number of anilines is 3. The molecule has 0 bridgehead atoms. The number of H-pyrrole nitrogens is 1. The summed E-state index contributed by atoms with van der Waals surface area (Å²) in [5, 5.41) is 6.06. The van der Waals surface area contributed by atoms with Gasteiger partial charge in [-0.2, -0.15) is 13.2 Å². The third-order valence-corrected chi connectivity index (χ3v) is 4.99. The molecule has 2 amide bonds. The van der Waals surface area contributed by atoms with Crippen molar-refractivity contribution < 1.29 is 22.4 Å². The summed E-state index contributed by atoms with van der Waals surface area (Å²) in [6.07, 6.45) is -1.29. The summed E-state index contributed by atoms with van der Waals surface area (Å²) in [6, 6.07) is 8.03. The van der Waals surface area contributed by atoms with Gasteiger partial charge < -0.3 is 20.5 Å². The largest absolute Gasteiger partial charge is 0.401 e. The molecule has 3 aromatic rings. The molecule has 164 valence electrons.